The number of hydrogen-bond acceptors (Lipinski definition) is 5. The van der Waals surface area contributed by atoms with E-state index in [2.05, 4.69) is 20.9 Å². The number of hydrogen-bond donors (Lipinski definition) is 5. The number of urea groups is 1. The molecule has 0 unspecified atom stereocenters. The van der Waals surface area contributed by atoms with Crippen molar-refractivity contribution in [2.24, 2.45) is 5.73 Å². The van der Waals surface area contributed by atoms with Crippen LogP contribution in [0.25, 0.3) is 10.9 Å². The van der Waals surface area contributed by atoms with Gasteiger partial charge in [-0.2, -0.15) is 0 Å². The minimum Gasteiger partial charge on any atom is -0.383 e. The zero-order valence-corrected chi connectivity index (χ0v) is 16.6. The van der Waals surface area contributed by atoms with Crippen LogP contribution in [0.4, 0.5) is 16.3 Å². The number of aromatic nitrogens is 1. The maximum absolute atomic E-state index is 12.4. The van der Waals surface area contributed by atoms with Crippen LogP contribution in [-0.2, 0) is 0 Å². The van der Waals surface area contributed by atoms with Gasteiger partial charge in [0.1, 0.15) is 5.82 Å². The number of benzene rings is 2. The van der Waals surface area contributed by atoms with Gasteiger partial charge in [0.15, 0.2) is 0 Å². The zero-order chi connectivity index (χ0) is 22.2. The molecule has 9 nitrogen and oxygen atoms in total. The Morgan fingerprint density at radius 2 is 1.55 bits per heavy atom. The minimum absolute atomic E-state index is 0.171. The summed E-state index contributed by atoms with van der Waals surface area (Å²) in [5.41, 5.74) is 12.9. The van der Waals surface area contributed by atoms with Crippen LogP contribution in [0, 0.1) is 0 Å². The Bertz CT molecular complexity index is 1140. The topological polar surface area (TPSA) is 152 Å². The highest BCUT2D eigenvalue weighted by atomic mass is 16.2. The molecule has 1 aromatic heterocycles. The van der Waals surface area contributed by atoms with E-state index in [4.69, 9.17) is 11.5 Å². The average molecular weight is 418 g/mol. The maximum atomic E-state index is 12.4. The van der Waals surface area contributed by atoms with Crippen LogP contribution in [-0.4, -0.2) is 35.9 Å². The lowest BCUT2D eigenvalue weighted by atomic mass is 10.1. The number of para-hydroxylation sites is 1. The standard InChI is InChI=1S/C22H22N6O3/c23-19-17(13-15-5-1-2-6-18(15)28-19)21(30)26-12-4-3-11-25-20(29)14-7-9-16(10-8-14)27-22(24)31/h1-10,13H,11-12H2,(H2,23,28)(H,25,29)(H,26,30)(H3,24,27,31)/b4-3+. The van der Waals surface area contributed by atoms with Crippen molar-refractivity contribution in [1.82, 2.24) is 15.6 Å². The average Bonchev–Trinajstić information content (AvgIpc) is 2.75. The molecule has 0 atom stereocenters. The molecule has 0 spiro atoms. The van der Waals surface area contributed by atoms with E-state index in [1.54, 1.807) is 42.5 Å². The molecule has 158 valence electrons. The van der Waals surface area contributed by atoms with E-state index in [0.717, 1.165) is 10.9 Å². The number of nitrogen functional groups attached to an aromatic ring is 1. The van der Waals surface area contributed by atoms with E-state index in [9.17, 15) is 14.4 Å². The molecule has 0 aliphatic carbocycles. The van der Waals surface area contributed by atoms with Crippen molar-refractivity contribution in [3.8, 4) is 0 Å². The van der Waals surface area contributed by atoms with Gasteiger partial charge < -0.3 is 27.4 Å². The number of rotatable bonds is 7. The van der Waals surface area contributed by atoms with E-state index < -0.39 is 6.03 Å². The Morgan fingerprint density at radius 3 is 2.23 bits per heavy atom. The van der Waals surface area contributed by atoms with Crippen LogP contribution in [0.15, 0.2) is 66.7 Å². The number of nitrogens with two attached hydrogens (primary N) is 2. The number of nitrogens with one attached hydrogen (secondary N) is 3. The molecular formula is C22H22N6O3. The van der Waals surface area contributed by atoms with E-state index in [-0.39, 0.29) is 30.7 Å². The van der Waals surface area contributed by atoms with Gasteiger partial charge in [0, 0.05) is 29.7 Å². The number of anilines is 2. The second-order valence-electron chi connectivity index (χ2n) is 6.57. The van der Waals surface area contributed by atoms with Crippen LogP contribution >= 0.6 is 0 Å². The van der Waals surface area contributed by atoms with Crippen molar-refractivity contribution < 1.29 is 14.4 Å². The third-order valence-electron chi connectivity index (χ3n) is 4.34. The summed E-state index contributed by atoms with van der Waals surface area (Å²) in [6.45, 7) is 0.560. The Morgan fingerprint density at radius 1 is 0.903 bits per heavy atom. The lowest BCUT2D eigenvalue weighted by Gasteiger charge is -2.07. The Hall–Kier alpha value is -4.40. The molecule has 0 saturated heterocycles. The molecule has 3 rings (SSSR count). The first-order chi connectivity index (χ1) is 14.9. The highest BCUT2D eigenvalue weighted by Gasteiger charge is 2.11. The molecule has 7 N–H and O–H groups in total. The van der Waals surface area contributed by atoms with E-state index in [1.165, 1.54) is 0 Å². The first-order valence-corrected chi connectivity index (χ1v) is 9.47. The number of fused-ring (bicyclic) bond motifs is 1. The Balaban J connectivity index is 1.45. The molecule has 4 amide bonds. The molecular weight excluding hydrogens is 396 g/mol. The molecule has 0 saturated carbocycles. The van der Waals surface area contributed by atoms with Crippen LogP contribution in [0.2, 0.25) is 0 Å². The van der Waals surface area contributed by atoms with Crippen molar-refractivity contribution >= 4 is 40.3 Å². The van der Waals surface area contributed by atoms with Gasteiger partial charge in [-0.1, -0.05) is 30.4 Å². The molecule has 2 aromatic carbocycles. The molecule has 0 radical (unpaired) electrons. The van der Waals surface area contributed by atoms with Crippen LogP contribution in [0.5, 0.6) is 0 Å². The predicted molar refractivity (Wildman–Crippen MR) is 120 cm³/mol. The first kappa shape index (κ1) is 21.3. The summed E-state index contributed by atoms with van der Waals surface area (Å²) >= 11 is 0. The van der Waals surface area contributed by atoms with Gasteiger partial charge in [0.05, 0.1) is 11.1 Å². The zero-order valence-electron chi connectivity index (χ0n) is 16.6. The third-order valence-corrected chi connectivity index (χ3v) is 4.34. The number of pyridine rings is 1. The van der Waals surface area contributed by atoms with E-state index in [0.29, 0.717) is 16.8 Å². The van der Waals surface area contributed by atoms with Crippen molar-refractivity contribution in [1.29, 1.82) is 0 Å². The fraction of sp³-hybridized carbons (Fsp3) is 0.0909. The normalized spacial score (nSPS) is 10.7. The van der Waals surface area contributed by atoms with Gasteiger partial charge in [-0.05, 0) is 36.4 Å². The lowest BCUT2D eigenvalue weighted by Crippen LogP contribution is -2.26. The SMILES string of the molecule is NC(=O)Nc1ccc(C(=O)NC/C=C/CNC(=O)c2cc3ccccc3nc2N)cc1. The highest BCUT2D eigenvalue weighted by molar-refractivity contribution is 6.01. The summed E-state index contributed by atoms with van der Waals surface area (Å²) in [6.07, 6.45) is 3.45. The first-order valence-electron chi connectivity index (χ1n) is 9.47. The van der Waals surface area contributed by atoms with E-state index in [1.807, 2.05) is 24.3 Å². The smallest absolute Gasteiger partial charge is 0.316 e. The molecule has 0 aliphatic rings. The van der Waals surface area contributed by atoms with Crippen molar-refractivity contribution in [2.45, 2.75) is 0 Å². The van der Waals surface area contributed by atoms with Gasteiger partial charge in [-0.15, -0.1) is 0 Å². The second-order valence-corrected chi connectivity index (χ2v) is 6.57. The molecule has 0 aliphatic heterocycles. The quantitative estimate of drug-likeness (QED) is 0.372. The number of amides is 4. The predicted octanol–water partition coefficient (Wildman–Crippen LogP) is 2.02. The number of carbonyl (C=O) groups excluding carboxylic acids is 3. The summed E-state index contributed by atoms with van der Waals surface area (Å²) in [5.74, 6) is -0.423. The van der Waals surface area contributed by atoms with Gasteiger partial charge in [0.25, 0.3) is 11.8 Å². The fourth-order valence-electron chi connectivity index (χ4n) is 2.83. The molecule has 3 aromatic rings. The largest absolute Gasteiger partial charge is 0.383 e. The molecule has 0 fully saturated rings. The Kier molecular flexibility index (Phi) is 6.79. The van der Waals surface area contributed by atoms with Gasteiger partial charge in [-0.3, -0.25) is 9.59 Å². The van der Waals surface area contributed by atoms with Crippen LogP contribution < -0.4 is 27.4 Å². The van der Waals surface area contributed by atoms with Crippen LogP contribution in [0.3, 0.4) is 0 Å². The van der Waals surface area contributed by atoms with Crippen LogP contribution in [0.1, 0.15) is 20.7 Å². The minimum atomic E-state index is -0.672. The monoisotopic (exact) mass is 418 g/mol. The number of nitrogens with zero attached hydrogens (tertiary/aromatic N) is 1. The van der Waals surface area contributed by atoms with Gasteiger partial charge in [-0.25, -0.2) is 9.78 Å². The van der Waals surface area contributed by atoms with Crippen molar-refractivity contribution in [3.63, 3.8) is 0 Å². The Labute approximate surface area is 178 Å². The molecule has 1 heterocycles. The fourth-order valence-corrected chi connectivity index (χ4v) is 2.83. The summed E-state index contributed by atoms with van der Waals surface area (Å²) in [5, 5.41) is 8.72. The summed E-state index contributed by atoms with van der Waals surface area (Å²) in [4.78, 5) is 39.5. The van der Waals surface area contributed by atoms with Crippen molar-refractivity contribution in [2.75, 3.05) is 24.1 Å². The lowest BCUT2D eigenvalue weighted by molar-refractivity contribution is 0.0949. The summed E-state index contributed by atoms with van der Waals surface area (Å²) in [6, 6.07) is 14.8. The van der Waals surface area contributed by atoms with E-state index >= 15 is 0 Å². The van der Waals surface area contributed by atoms with Gasteiger partial charge in [0.2, 0.25) is 0 Å². The maximum Gasteiger partial charge on any atom is 0.316 e. The van der Waals surface area contributed by atoms with Gasteiger partial charge >= 0.3 is 6.03 Å². The van der Waals surface area contributed by atoms with Crippen molar-refractivity contribution in [3.05, 3.63) is 77.9 Å². The molecule has 0 bridgehead atoms. The number of primary amides is 1. The number of carbonyl (C=O) groups is 3. The summed E-state index contributed by atoms with van der Waals surface area (Å²) < 4.78 is 0. The molecule has 31 heavy (non-hydrogen) atoms. The summed E-state index contributed by atoms with van der Waals surface area (Å²) in [7, 11) is 0. The third kappa shape index (κ3) is 5.80. The second kappa shape index (κ2) is 9.88. The molecule has 9 heteroatoms. The highest BCUT2D eigenvalue weighted by Crippen LogP contribution is 2.18.